The zero-order valence-corrected chi connectivity index (χ0v) is 17.5. The van der Waals surface area contributed by atoms with E-state index in [0.29, 0.717) is 41.4 Å². The highest BCUT2D eigenvalue weighted by atomic mass is 16.1. The van der Waals surface area contributed by atoms with Crippen LogP contribution in [0.1, 0.15) is 47.2 Å². The van der Waals surface area contributed by atoms with E-state index in [4.69, 9.17) is 0 Å². The normalized spacial score (nSPS) is 20.1. The van der Waals surface area contributed by atoms with Crippen LogP contribution in [-0.4, -0.2) is 25.4 Å². The minimum absolute atomic E-state index is 0.0707. The molecule has 7 heteroatoms. The largest absolute Gasteiger partial charge is 0.343 e. The lowest BCUT2D eigenvalue weighted by atomic mass is 9.72. The highest BCUT2D eigenvalue weighted by molar-refractivity contribution is 6.01. The molecule has 0 bridgehead atoms. The number of aryl methyl sites for hydroxylation is 1. The van der Waals surface area contributed by atoms with Crippen molar-refractivity contribution in [2.24, 2.45) is 0 Å². The highest BCUT2D eigenvalue weighted by Gasteiger charge is 2.40. The molecule has 2 aliphatic rings. The zero-order valence-electron chi connectivity index (χ0n) is 17.5. The van der Waals surface area contributed by atoms with Gasteiger partial charge in [0.25, 0.3) is 5.56 Å². The van der Waals surface area contributed by atoms with E-state index in [9.17, 15) is 9.59 Å². The molecule has 0 fully saturated rings. The summed E-state index contributed by atoms with van der Waals surface area (Å²) in [6.45, 7) is 1.79. The predicted octanol–water partition coefficient (Wildman–Crippen LogP) is 3.68. The molecular formula is C25H21N5O2. The maximum atomic E-state index is 13.5. The number of aromatic nitrogens is 4. The topological polar surface area (TPSA) is 92.2 Å². The van der Waals surface area contributed by atoms with Gasteiger partial charge in [-0.15, -0.1) is 5.10 Å². The lowest BCUT2D eigenvalue weighted by Gasteiger charge is -2.36. The van der Waals surface area contributed by atoms with Gasteiger partial charge in [0.05, 0.1) is 5.56 Å². The summed E-state index contributed by atoms with van der Waals surface area (Å²) >= 11 is 0. The summed E-state index contributed by atoms with van der Waals surface area (Å²) in [5.74, 6) is 1.23. The number of carbonyl (C=O) groups excluding carboxylic acids is 1. The Labute approximate surface area is 183 Å². The van der Waals surface area contributed by atoms with E-state index in [2.05, 4.69) is 32.5 Å². The quantitative estimate of drug-likeness (QED) is 0.513. The molecule has 0 unspecified atom stereocenters. The molecule has 0 saturated carbocycles. The van der Waals surface area contributed by atoms with Gasteiger partial charge in [0.2, 0.25) is 5.78 Å². The van der Waals surface area contributed by atoms with Crippen molar-refractivity contribution in [2.45, 2.75) is 31.6 Å². The Morgan fingerprint density at radius 1 is 0.938 bits per heavy atom. The molecule has 4 aromatic rings. The number of hydrogen-bond acceptors (Lipinski definition) is 5. The van der Waals surface area contributed by atoms with Crippen LogP contribution in [0, 0.1) is 6.92 Å². The number of nitrogens with zero attached hydrogens (tertiary/aromatic N) is 3. The van der Waals surface area contributed by atoms with Gasteiger partial charge in [-0.2, -0.15) is 9.50 Å². The lowest BCUT2D eigenvalue weighted by Crippen LogP contribution is -2.35. The zero-order chi connectivity index (χ0) is 21.8. The number of carbonyl (C=O) groups is 1. The fraction of sp³-hybridized carbons (Fsp3) is 0.200. The molecule has 0 radical (unpaired) electrons. The van der Waals surface area contributed by atoms with Crippen molar-refractivity contribution in [3.05, 3.63) is 105 Å². The van der Waals surface area contributed by atoms with Crippen molar-refractivity contribution in [3.63, 3.8) is 0 Å². The van der Waals surface area contributed by atoms with E-state index in [1.807, 2.05) is 48.5 Å². The number of benzene rings is 2. The molecule has 2 atom stereocenters. The first-order valence-electron chi connectivity index (χ1n) is 10.7. The molecule has 2 aromatic heterocycles. The number of nitrogens with one attached hydrogen (secondary N) is 2. The third-order valence-electron chi connectivity index (χ3n) is 6.41. The van der Waals surface area contributed by atoms with Crippen LogP contribution in [0.3, 0.4) is 0 Å². The van der Waals surface area contributed by atoms with E-state index in [1.54, 1.807) is 11.4 Å². The van der Waals surface area contributed by atoms with Crippen LogP contribution in [0.4, 0.5) is 5.82 Å². The number of fused-ring (bicyclic) bond motifs is 3. The van der Waals surface area contributed by atoms with Gasteiger partial charge in [-0.25, -0.2) is 0 Å². The van der Waals surface area contributed by atoms with E-state index >= 15 is 0 Å². The van der Waals surface area contributed by atoms with Crippen molar-refractivity contribution in [1.82, 2.24) is 19.6 Å². The Balaban J connectivity index is 1.59. The molecule has 0 saturated heterocycles. The Morgan fingerprint density at radius 2 is 1.62 bits per heavy atom. The maximum absolute atomic E-state index is 13.5. The van der Waals surface area contributed by atoms with Gasteiger partial charge < -0.3 is 5.32 Å². The summed E-state index contributed by atoms with van der Waals surface area (Å²) in [5.41, 5.74) is 3.83. The van der Waals surface area contributed by atoms with E-state index in [-0.39, 0.29) is 17.3 Å². The summed E-state index contributed by atoms with van der Waals surface area (Å²) in [6, 6.07) is 19.9. The Hall–Kier alpha value is -4.00. The predicted molar refractivity (Wildman–Crippen MR) is 121 cm³/mol. The summed E-state index contributed by atoms with van der Waals surface area (Å²) in [5, 5.41) is 7.92. The molecule has 158 valence electrons. The second-order valence-electron chi connectivity index (χ2n) is 8.41. The van der Waals surface area contributed by atoms with Gasteiger partial charge in [0, 0.05) is 23.6 Å². The van der Waals surface area contributed by atoms with Crippen LogP contribution in [-0.2, 0) is 4.79 Å². The van der Waals surface area contributed by atoms with Gasteiger partial charge in [-0.3, -0.25) is 14.6 Å². The molecule has 32 heavy (non-hydrogen) atoms. The summed E-state index contributed by atoms with van der Waals surface area (Å²) < 4.78 is 1.64. The fourth-order valence-electron chi connectivity index (χ4n) is 5.04. The molecule has 1 aliphatic carbocycles. The monoisotopic (exact) mass is 423 g/mol. The van der Waals surface area contributed by atoms with Gasteiger partial charge in [-0.1, -0.05) is 60.7 Å². The van der Waals surface area contributed by atoms with Crippen molar-refractivity contribution < 1.29 is 4.79 Å². The SMILES string of the molecule is Cc1nc2[nH]c(=O)c3c(n2n1)NC1=C(C(=O)C[C@H](c2ccccc2)C1)[C@@H]3c1ccccc1. The van der Waals surface area contributed by atoms with Crippen LogP contribution in [0.2, 0.25) is 0 Å². The standard InChI is InChI=1S/C25H21N5O2/c1-14-26-25-28-24(32)22-20(16-10-6-3-7-11-16)21-18(27-23(22)30(25)29-14)12-17(13-19(21)31)15-8-4-2-5-9-15/h2-11,17,20,27H,12-13H2,1H3,(H,26,28,29,32)/t17-,20+/m1/s1. The van der Waals surface area contributed by atoms with E-state index < -0.39 is 5.92 Å². The van der Waals surface area contributed by atoms with Crippen molar-refractivity contribution in [2.75, 3.05) is 5.32 Å². The number of Topliss-reactive ketones (excluding diaryl/α,β-unsaturated/α-hetero) is 1. The number of allylic oxidation sites excluding steroid dienone is 2. The molecular weight excluding hydrogens is 402 g/mol. The van der Waals surface area contributed by atoms with Crippen LogP contribution in [0.25, 0.3) is 5.78 Å². The number of H-pyrrole nitrogens is 1. The summed E-state index contributed by atoms with van der Waals surface area (Å²) in [4.78, 5) is 33.9. The summed E-state index contributed by atoms with van der Waals surface area (Å²) in [6.07, 6.45) is 1.11. The van der Waals surface area contributed by atoms with Crippen molar-refractivity contribution in [1.29, 1.82) is 0 Å². The van der Waals surface area contributed by atoms with Crippen LogP contribution in [0.5, 0.6) is 0 Å². The van der Waals surface area contributed by atoms with E-state index in [0.717, 1.165) is 16.8 Å². The van der Waals surface area contributed by atoms with Crippen molar-refractivity contribution in [3.8, 4) is 0 Å². The first-order chi connectivity index (χ1) is 15.6. The van der Waals surface area contributed by atoms with E-state index in [1.165, 1.54) is 0 Å². The molecule has 3 heterocycles. The average Bonchev–Trinajstić information content (AvgIpc) is 3.19. The molecule has 2 aromatic carbocycles. The van der Waals surface area contributed by atoms with Crippen LogP contribution >= 0.6 is 0 Å². The highest BCUT2D eigenvalue weighted by Crippen LogP contribution is 2.46. The number of aromatic amines is 1. The van der Waals surface area contributed by atoms with Gasteiger partial charge in [-0.05, 0) is 30.4 Å². The molecule has 7 nitrogen and oxygen atoms in total. The molecule has 0 amide bonds. The molecule has 0 spiro atoms. The minimum atomic E-state index is -0.454. The second-order valence-corrected chi connectivity index (χ2v) is 8.41. The number of rotatable bonds is 2. The van der Waals surface area contributed by atoms with Gasteiger partial charge >= 0.3 is 0 Å². The van der Waals surface area contributed by atoms with Crippen LogP contribution < -0.4 is 10.9 Å². The number of ketones is 1. The Bertz CT molecular complexity index is 1450. The van der Waals surface area contributed by atoms with Gasteiger partial charge in [0.1, 0.15) is 11.6 Å². The Morgan fingerprint density at radius 3 is 2.34 bits per heavy atom. The molecule has 2 N–H and O–H groups in total. The third kappa shape index (κ3) is 2.81. The second kappa shape index (κ2) is 7.02. The molecule has 6 rings (SSSR count). The third-order valence-corrected chi connectivity index (χ3v) is 6.41. The molecule has 1 aliphatic heterocycles. The fourth-order valence-corrected chi connectivity index (χ4v) is 5.04. The lowest BCUT2D eigenvalue weighted by molar-refractivity contribution is -0.116. The van der Waals surface area contributed by atoms with Crippen molar-refractivity contribution >= 4 is 17.4 Å². The number of anilines is 1. The smallest absolute Gasteiger partial charge is 0.258 e. The average molecular weight is 423 g/mol. The van der Waals surface area contributed by atoms with Gasteiger partial charge in [0.15, 0.2) is 5.78 Å². The first kappa shape index (κ1) is 18.7. The first-order valence-corrected chi connectivity index (χ1v) is 10.7. The van der Waals surface area contributed by atoms with Crippen LogP contribution in [0.15, 0.2) is 76.7 Å². The maximum Gasteiger partial charge on any atom is 0.258 e. The minimum Gasteiger partial charge on any atom is -0.343 e. The number of hydrogen-bond donors (Lipinski definition) is 2. The summed E-state index contributed by atoms with van der Waals surface area (Å²) in [7, 11) is 0. The Kier molecular flexibility index (Phi) is 4.11.